The molecule has 1 unspecified atom stereocenters. The average Bonchev–Trinajstić information content (AvgIpc) is 3.04. The number of para-hydroxylation sites is 2. The predicted molar refractivity (Wildman–Crippen MR) is 87.2 cm³/mol. The molecule has 1 heterocycles. The molecular formula is C17H24N4O. The van der Waals surface area contributed by atoms with Gasteiger partial charge in [0.25, 0.3) is 0 Å². The van der Waals surface area contributed by atoms with E-state index in [0.29, 0.717) is 12.3 Å². The molecule has 3 rings (SSSR count). The predicted octanol–water partition coefficient (Wildman–Crippen LogP) is 2.27. The number of imidazole rings is 1. The highest BCUT2D eigenvalue weighted by atomic mass is 16.1. The van der Waals surface area contributed by atoms with Crippen LogP contribution >= 0.6 is 0 Å². The van der Waals surface area contributed by atoms with E-state index in [2.05, 4.69) is 10.3 Å². The fourth-order valence-electron chi connectivity index (χ4n) is 3.47. The van der Waals surface area contributed by atoms with Crippen molar-refractivity contribution in [3.05, 3.63) is 30.1 Å². The number of benzene rings is 1. The molecule has 2 aromatic rings. The van der Waals surface area contributed by atoms with Gasteiger partial charge in [-0.1, -0.05) is 18.6 Å². The summed E-state index contributed by atoms with van der Waals surface area (Å²) in [6, 6.07) is 8.07. The molecule has 3 atom stereocenters. The zero-order valence-electron chi connectivity index (χ0n) is 13.2. The quantitative estimate of drug-likeness (QED) is 0.909. The van der Waals surface area contributed by atoms with Gasteiger partial charge < -0.3 is 15.6 Å². The van der Waals surface area contributed by atoms with Crippen molar-refractivity contribution in [2.45, 2.75) is 44.7 Å². The van der Waals surface area contributed by atoms with Gasteiger partial charge >= 0.3 is 0 Å². The topological polar surface area (TPSA) is 72.9 Å². The van der Waals surface area contributed by atoms with Crippen LogP contribution in [0.25, 0.3) is 11.0 Å². The van der Waals surface area contributed by atoms with E-state index in [-0.39, 0.29) is 18.0 Å². The summed E-state index contributed by atoms with van der Waals surface area (Å²) in [4.78, 5) is 16.9. The molecule has 5 heteroatoms. The maximum absolute atomic E-state index is 12.3. The van der Waals surface area contributed by atoms with Crippen LogP contribution in [0.5, 0.6) is 0 Å². The Balaban J connectivity index is 1.69. The number of nitrogens with one attached hydrogen (secondary N) is 1. The van der Waals surface area contributed by atoms with E-state index in [9.17, 15) is 4.79 Å². The molecule has 0 saturated heterocycles. The summed E-state index contributed by atoms with van der Waals surface area (Å²) < 4.78 is 2.04. The van der Waals surface area contributed by atoms with E-state index >= 15 is 0 Å². The highest BCUT2D eigenvalue weighted by Crippen LogP contribution is 2.27. The molecule has 0 bridgehead atoms. The van der Waals surface area contributed by atoms with Gasteiger partial charge in [-0.25, -0.2) is 4.98 Å². The first-order valence-corrected chi connectivity index (χ1v) is 8.02. The number of rotatable bonds is 4. The lowest BCUT2D eigenvalue weighted by atomic mass is 10.00. The minimum atomic E-state index is -0.109. The summed E-state index contributed by atoms with van der Waals surface area (Å²) in [7, 11) is 1.99. The first kappa shape index (κ1) is 15.0. The van der Waals surface area contributed by atoms with Gasteiger partial charge in [-0.05, 0) is 37.8 Å². The molecular weight excluding hydrogens is 276 g/mol. The van der Waals surface area contributed by atoms with Crippen molar-refractivity contribution >= 4 is 16.9 Å². The number of hydrogen-bond donors (Lipinski definition) is 2. The highest BCUT2D eigenvalue weighted by molar-refractivity contribution is 5.78. The standard InChI is InChI=1S/C17H24N4O/c1-11(19-16(22)10-12-6-5-7-13(12)18)17-20-14-8-3-4-9-15(14)21(17)2/h3-4,8-9,11-13H,5-7,10,18H2,1-2H3,(H,19,22)/t11?,12-,13+/m0/s1. The Kier molecular flexibility index (Phi) is 4.16. The second kappa shape index (κ2) is 6.08. The Bertz CT molecular complexity index is 678. The summed E-state index contributed by atoms with van der Waals surface area (Å²) in [6.07, 6.45) is 3.77. The smallest absolute Gasteiger partial charge is 0.220 e. The lowest BCUT2D eigenvalue weighted by Crippen LogP contribution is -2.33. The van der Waals surface area contributed by atoms with Crippen LogP contribution in [0, 0.1) is 5.92 Å². The van der Waals surface area contributed by atoms with Crippen LogP contribution in [-0.4, -0.2) is 21.5 Å². The van der Waals surface area contributed by atoms with Crippen LogP contribution in [0.1, 0.15) is 44.5 Å². The molecule has 0 aliphatic heterocycles. The van der Waals surface area contributed by atoms with Crippen LogP contribution in [0.15, 0.2) is 24.3 Å². The number of carbonyl (C=O) groups excluding carboxylic acids is 1. The first-order valence-electron chi connectivity index (χ1n) is 8.02. The second-order valence-electron chi connectivity index (χ2n) is 6.37. The highest BCUT2D eigenvalue weighted by Gasteiger charge is 2.27. The van der Waals surface area contributed by atoms with E-state index < -0.39 is 0 Å². The van der Waals surface area contributed by atoms with Crippen LogP contribution in [0.2, 0.25) is 0 Å². The summed E-state index contributed by atoms with van der Waals surface area (Å²) in [5, 5.41) is 3.07. The molecule has 1 saturated carbocycles. The van der Waals surface area contributed by atoms with Gasteiger partial charge in [-0.15, -0.1) is 0 Å². The summed E-state index contributed by atoms with van der Waals surface area (Å²) in [6.45, 7) is 1.98. The summed E-state index contributed by atoms with van der Waals surface area (Å²) in [5.41, 5.74) is 8.09. The third-order valence-electron chi connectivity index (χ3n) is 4.75. The van der Waals surface area contributed by atoms with E-state index in [0.717, 1.165) is 36.1 Å². The lowest BCUT2D eigenvalue weighted by molar-refractivity contribution is -0.122. The first-order chi connectivity index (χ1) is 10.6. The molecule has 118 valence electrons. The van der Waals surface area contributed by atoms with Crippen molar-refractivity contribution in [2.75, 3.05) is 0 Å². The van der Waals surface area contributed by atoms with Gasteiger partial charge in [-0.2, -0.15) is 0 Å². The van der Waals surface area contributed by atoms with Crippen molar-refractivity contribution in [2.24, 2.45) is 18.7 Å². The van der Waals surface area contributed by atoms with Crippen molar-refractivity contribution in [1.29, 1.82) is 0 Å². The van der Waals surface area contributed by atoms with Crippen LogP contribution in [0.4, 0.5) is 0 Å². The van der Waals surface area contributed by atoms with Crippen LogP contribution in [-0.2, 0) is 11.8 Å². The van der Waals surface area contributed by atoms with E-state index in [4.69, 9.17) is 5.73 Å². The normalized spacial score (nSPS) is 22.9. The maximum atomic E-state index is 12.3. The molecule has 1 amide bonds. The summed E-state index contributed by atoms with van der Waals surface area (Å²) in [5.74, 6) is 1.28. The average molecular weight is 300 g/mol. The molecule has 1 fully saturated rings. The number of aromatic nitrogens is 2. The number of aryl methyl sites for hydroxylation is 1. The molecule has 22 heavy (non-hydrogen) atoms. The zero-order chi connectivity index (χ0) is 15.7. The van der Waals surface area contributed by atoms with E-state index in [1.165, 1.54) is 0 Å². The number of amides is 1. The largest absolute Gasteiger partial charge is 0.346 e. The number of fused-ring (bicyclic) bond motifs is 1. The molecule has 1 aliphatic rings. The van der Waals surface area contributed by atoms with E-state index in [1.54, 1.807) is 0 Å². The molecule has 3 N–H and O–H groups in total. The Morgan fingerprint density at radius 1 is 1.45 bits per heavy atom. The maximum Gasteiger partial charge on any atom is 0.220 e. The Labute approximate surface area is 130 Å². The van der Waals surface area contributed by atoms with E-state index in [1.807, 2.05) is 42.8 Å². The molecule has 5 nitrogen and oxygen atoms in total. The minimum absolute atomic E-state index is 0.0712. The second-order valence-corrected chi connectivity index (χ2v) is 6.37. The molecule has 1 aromatic carbocycles. The van der Waals surface area contributed by atoms with Gasteiger partial charge in [0, 0.05) is 19.5 Å². The van der Waals surface area contributed by atoms with Gasteiger partial charge in [0.05, 0.1) is 17.1 Å². The minimum Gasteiger partial charge on any atom is -0.346 e. The van der Waals surface area contributed by atoms with Gasteiger partial charge in [0.2, 0.25) is 5.91 Å². The molecule has 0 spiro atoms. The fraction of sp³-hybridized carbons (Fsp3) is 0.529. The van der Waals surface area contributed by atoms with Crippen LogP contribution in [0.3, 0.4) is 0 Å². The Hall–Kier alpha value is -1.88. The number of nitrogens with two attached hydrogens (primary N) is 1. The SMILES string of the molecule is CC(NC(=O)C[C@@H]1CCC[C@H]1N)c1nc2ccccc2n1C. The van der Waals surface area contributed by atoms with Gasteiger partial charge in [0.15, 0.2) is 0 Å². The third kappa shape index (κ3) is 2.86. The molecule has 0 radical (unpaired) electrons. The zero-order valence-corrected chi connectivity index (χ0v) is 13.2. The molecule has 1 aromatic heterocycles. The van der Waals surface area contributed by atoms with Gasteiger partial charge in [-0.3, -0.25) is 4.79 Å². The molecule has 1 aliphatic carbocycles. The summed E-state index contributed by atoms with van der Waals surface area (Å²) >= 11 is 0. The Morgan fingerprint density at radius 3 is 2.91 bits per heavy atom. The van der Waals surface area contributed by atoms with Crippen molar-refractivity contribution in [1.82, 2.24) is 14.9 Å². The van der Waals surface area contributed by atoms with Crippen molar-refractivity contribution < 1.29 is 4.79 Å². The monoisotopic (exact) mass is 300 g/mol. The lowest BCUT2D eigenvalue weighted by Gasteiger charge is -2.18. The fourth-order valence-corrected chi connectivity index (χ4v) is 3.47. The Morgan fingerprint density at radius 2 is 2.23 bits per heavy atom. The number of hydrogen-bond acceptors (Lipinski definition) is 3. The van der Waals surface area contributed by atoms with Gasteiger partial charge in [0.1, 0.15) is 5.82 Å². The van der Waals surface area contributed by atoms with Crippen molar-refractivity contribution in [3.63, 3.8) is 0 Å². The number of nitrogens with zero attached hydrogens (tertiary/aromatic N) is 2. The number of carbonyl (C=O) groups is 1. The van der Waals surface area contributed by atoms with Crippen LogP contribution < -0.4 is 11.1 Å². The van der Waals surface area contributed by atoms with Crippen molar-refractivity contribution in [3.8, 4) is 0 Å². The third-order valence-corrected chi connectivity index (χ3v) is 4.75.